The number of hydrogen-bond donors (Lipinski definition) is 1. The summed E-state index contributed by atoms with van der Waals surface area (Å²) in [6, 6.07) is 7.69. The summed E-state index contributed by atoms with van der Waals surface area (Å²) in [7, 11) is 4.25. The SMILES string of the molecule is Cc1cc(C)cc(NC(=S)N(CCN(C)C)C2CCN(C(C)C)CC2)c1. The average molecular weight is 377 g/mol. The lowest BCUT2D eigenvalue weighted by atomic mass is 10.0. The number of hydrogen-bond acceptors (Lipinski definition) is 3. The zero-order valence-corrected chi connectivity index (χ0v) is 18.2. The Balaban J connectivity index is 2.07. The first-order valence-electron chi connectivity index (χ1n) is 9.81. The van der Waals surface area contributed by atoms with Gasteiger partial charge in [0.2, 0.25) is 0 Å². The molecule has 0 saturated carbocycles. The van der Waals surface area contributed by atoms with E-state index in [1.54, 1.807) is 0 Å². The van der Waals surface area contributed by atoms with Gasteiger partial charge in [-0.2, -0.15) is 0 Å². The van der Waals surface area contributed by atoms with E-state index in [0.717, 1.165) is 37.0 Å². The van der Waals surface area contributed by atoms with Crippen LogP contribution in [0.5, 0.6) is 0 Å². The fraction of sp³-hybridized carbons (Fsp3) is 0.667. The number of nitrogens with zero attached hydrogens (tertiary/aromatic N) is 3. The van der Waals surface area contributed by atoms with Crippen molar-refractivity contribution >= 4 is 23.0 Å². The molecule has 0 atom stereocenters. The van der Waals surface area contributed by atoms with Crippen molar-refractivity contribution in [1.82, 2.24) is 14.7 Å². The second-order valence-electron chi connectivity index (χ2n) is 8.16. The predicted molar refractivity (Wildman–Crippen MR) is 117 cm³/mol. The summed E-state index contributed by atoms with van der Waals surface area (Å²) < 4.78 is 0. The molecule has 0 aliphatic carbocycles. The second-order valence-corrected chi connectivity index (χ2v) is 8.55. The van der Waals surface area contributed by atoms with Crippen molar-refractivity contribution in [3.05, 3.63) is 29.3 Å². The van der Waals surface area contributed by atoms with Crippen LogP contribution >= 0.6 is 12.2 Å². The maximum Gasteiger partial charge on any atom is 0.173 e. The number of benzene rings is 1. The van der Waals surface area contributed by atoms with Crippen LogP contribution in [0.2, 0.25) is 0 Å². The molecule has 1 aliphatic rings. The maximum atomic E-state index is 5.84. The molecular weight excluding hydrogens is 340 g/mol. The Kier molecular flexibility index (Phi) is 7.86. The monoisotopic (exact) mass is 376 g/mol. The number of nitrogens with one attached hydrogen (secondary N) is 1. The molecule has 1 aromatic rings. The molecule has 0 radical (unpaired) electrons. The van der Waals surface area contributed by atoms with Gasteiger partial charge in [0.05, 0.1) is 0 Å². The van der Waals surface area contributed by atoms with E-state index in [4.69, 9.17) is 12.2 Å². The summed E-state index contributed by atoms with van der Waals surface area (Å²) in [5.74, 6) is 0. The molecule has 0 unspecified atom stereocenters. The van der Waals surface area contributed by atoms with E-state index in [-0.39, 0.29) is 0 Å². The molecule has 2 rings (SSSR count). The van der Waals surface area contributed by atoms with Crippen LogP contribution in [0.4, 0.5) is 5.69 Å². The van der Waals surface area contributed by atoms with E-state index >= 15 is 0 Å². The Morgan fingerprint density at radius 2 is 1.69 bits per heavy atom. The normalized spacial score (nSPS) is 16.3. The Bertz CT molecular complexity index is 571. The molecule has 0 bridgehead atoms. The molecule has 0 amide bonds. The molecule has 146 valence electrons. The fourth-order valence-corrected chi connectivity index (χ4v) is 4.07. The second kappa shape index (κ2) is 9.67. The molecule has 1 saturated heterocycles. The van der Waals surface area contributed by atoms with E-state index in [1.165, 1.54) is 24.0 Å². The van der Waals surface area contributed by atoms with Gasteiger partial charge >= 0.3 is 0 Å². The lowest BCUT2D eigenvalue weighted by Gasteiger charge is -2.41. The Labute approximate surface area is 165 Å². The van der Waals surface area contributed by atoms with E-state index in [1.807, 2.05) is 0 Å². The molecule has 1 N–H and O–H groups in total. The zero-order chi connectivity index (χ0) is 19.3. The highest BCUT2D eigenvalue weighted by Gasteiger charge is 2.27. The summed E-state index contributed by atoms with van der Waals surface area (Å²) in [4.78, 5) is 7.22. The van der Waals surface area contributed by atoms with Crippen LogP contribution in [0.25, 0.3) is 0 Å². The van der Waals surface area contributed by atoms with Crippen molar-refractivity contribution in [3.8, 4) is 0 Å². The minimum Gasteiger partial charge on any atom is -0.345 e. The average Bonchev–Trinajstić information content (AvgIpc) is 2.54. The number of anilines is 1. The lowest BCUT2D eigenvalue weighted by Crippen LogP contribution is -2.51. The van der Waals surface area contributed by atoms with E-state index in [0.29, 0.717) is 12.1 Å². The van der Waals surface area contributed by atoms with Gasteiger partial charge < -0.3 is 20.0 Å². The summed E-state index contributed by atoms with van der Waals surface area (Å²) in [6.07, 6.45) is 2.36. The number of aryl methyl sites for hydroxylation is 2. The van der Waals surface area contributed by atoms with Gasteiger partial charge in [-0.25, -0.2) is 0 Å². The van der Waals surface area contributed by atoms with Crippen LogP contribution < -0.4 is 5.32 Å². The van der Waals surface area contributed by atoms with Gasteiger partial charge in [0, 0.05) is 44.0 Å². The molecule has 0 aromatic heterocycles. The fourth-order valence-electron chi connectivity index (χ4n) is 3.71. The molecule has 26 heavy (non-hydrogen) atoms. The highest BCUT2D eigenvalue weighted by Crippen LogP contribution is 2.21. The number of likely N-dealkylation sites (N-methyl/N-ethyl adjacent to an activating group) is 1. The topological polar surface area (TPSA) is 21.8 Å². The van der Waals surface area contributed by atoms with Gasteiger partial charge in [-0.3, -0.25) is 0 Å². The molecule has 1 aliphatic heterocycles. The molecule has 4 nitrogen and oxygen atoms in total. The van der Waals surface area contributed by atoms with Crippen LogP contribution in [0.3, 0.4) is 0 Å². The third-order valence-corrected chi connectivity index (χ3v) is 5.53. The van der Waals surface area contributed by atoms with Gasteiger partial charge in [-0.05, 0) is 90.1 Å². The van der Waals surface area contributed by atoms with Gasteiger partial charge in [0.25, 0.3) is 0 Å². The van der Waals surface area contributed by atoms with Gasteiger partial charge in [-0.1, -0.05) is 6.07 Å². The number of likely N-dealkylation sites (tertiary alicyclic amines) is 1. The third kappa shape index (κ3) is 6.22. The zero-order valence-electron chi connectivity index (χ0n) is 17.4. The van der Waals surface area contributed by atoms with Crippen LogP contribution in [0, 0.1) is 13.8 Å². The molecular formula is C21H36N4S. The standard InChI is InChI=1S/C21H36N4S/c1-16(2)24-9-7-20(8-10-24)25(12-11-23(5)6)21(26)22-19-14-17(3)13-18(4)15-19/h13-16,20H,7-12H2,1-6H3,(H,22,26). The summed E-state index contributed by atoms with van der Waals surface area (Å²) in [5, 5.41) is 4.36. The maximum absolute atomic E-state index is 5.84. The number of thiocarbonyl (C=S) groups is 1. The highest BCUT2D eigenvalue weighted by atomic mass is 32.1. The summed E-state index contributed by atoms with van der Waals surface area (Å²) in [5.41, 5.74) is 3.63. The molecule has 1 fully saturated rings. The van der Waals surface area contributed by atoms with Gasteiger partial charge in [0.1, 0.15) is 0 Å². The van der Waals surface area contributed by atoms with Crippen molar-refractivity contribution in [2.75, 3.05) is 45.6 Å². The summed E-state index contributed by atoms with van der Waals surface area (Å²) in [6.45, 7) is 13.1. The van der Waals surface area contributed by atoms with Crippen molar-refractivity contribution in [3.63, 3.8) is 0 Å². The highest BCUT2D eigenvalue weighted by molar-refractivity contribution is 7.80. The first-order valence-corrected chi connectivity index (χ1v) is 10.2. The molecule has 1 heterocycles. The lowest BCUT2D eigenvalue weighted by molar-refractivity contribution is 0.125. The Morgan fingerprint density at radius 3 is 2.19 bits per heavy atom. The van der Waals surface area contributed by atoms with Crippen LogP contribution in [-0.4, -0.2) is 72.2 Å². The summed E-state index contributed by atoms with van der Waals surface area (Å²) >= 11 is 5.84. The minimum atomic E-state index is 0.524. The smallest absolute Gasteiger partial charge is 0.173 e. The van der Waals surface area contributed by atoms with Crippen molar-refractivity contribution in [2.24, 2.45) is 0 Å². The van der Waals surface area contributed by atoms with Crippen molar-refractivity contribution in [2.45, 2.75) is 52.6 Å². The first kappa shape index (κ1) is 21.1. The molecule has 0 spiro atoms. The van der Waals surface area contributed by atoms with E-state index < -0.39 is 0 Å². The third-order valence-electron chi connectivity index (χ3n) is 5.19. The largest absolute Gasteiger partial charge is 0.345 e. The van der Waals surface area contributed by atoms with Crippen LogP contribution in [0.15, 0.2) is 18.2 Å². The van der Waals surface area contributed by atoms with Crippen LogP contribution in [-0.2, 0) is 0 Å². The van der Waals surface area contributed by atoms with Crippen LogP contribution in [0.1, 0.15) is 37.8 Å². The Hall–Kier alpha value is -1.17. The quantitative estimate of drug-likeness (QED) is 0.762. The minimum absolute atomic E-state index is 0.524. The van der Waals surface area contributed by atoms with E-state index in [2.05, 4.69) is 80.0 Å². The van der Waals surface area contributed by atoms with Gasteiger partial charge in [-0.15, -0.1) is 0 Å². The Morgan fingerprint density at radius 1 is 1.12 bits per heavy atom. The van der Waals surface area contributed by atoms with Crippen molar-refractivity contribution in [1.29, 1.82) is 0 Å². The van der Waals surface area contributed by atoms with E-state index in [9.17, 15) is 0 Å². The predicted octanol–water partition coefficient (Wildman–Crippen LogP) is 3.74. The first-order chi connectivity index (χ1) is 12.3. The van der Waals surface area contributed by atoms with Gasteiger partial charge in [0.15, 0.2) is 5.11 Å². The number of rotatable bonds is 6. The van der Waals surface area contributed by atoms with Crippen molar-refractivity contribution < 1.29 is 0 Å². The molecule has 1 aromatic carbocycles. The molecule has 5 heteroatoms. The number of piperidine rings is 1.